The molecular weight excluding hydrogens is 272 g/mol. The van der Waals surface area contributed by atoms with Crippen molar-refractivity contribution in [3.63, 3.8) is 0 Å². The number of hydrogen-bond acceptors (Lipinski definition) is 6. The van der Waals surface area contributed by atoms with E-state index in [1.165, 1.54) is 13.0 Å². The highest BCUT2D eigenvalue weighted by Gasteiger charge is 2.11. The maximum absolute atomic E-state index is 5.32. The zero-order chi connectivity index (χ0) is 13.6. The molecule has 0 bridgehead atoms. The lowest BCUT2D eigenvalue weighted by Crippen LogP contribution is -2.29. The molecule has 0 saturated carbocycles. The third-order valence-electron chi connectivity index (χ3n) is 3.51. The molecule has 0 radical (unpaired) electrons. The van der Waals surface area contributed by atoms with Crippen LogP contribution in [0.2, 0.25) is 0 Å². The highest BCUT2D eigenvalue weighted by atomic mass is 32.1. The first-order chi connectivity index (χ1) is 9.92. The van der Waals surface area contributed by atoms with E-state index >= 15 is 0 Å². The van der Waals surface area contributed by atoms with Crippen LogP contribution in [-0.2, 0) is 6.42 Å². The normalized spacial score (nSPS) is 17.2. The van der Waals surface area contributed by atoms with Gasteiger partial charge in [-0.3, -0.25) is 0 Å². The minimum Gasteiger partial charge on any atom is -0.339 e. The summed E-state index contributed by atoms with van der Waals surface area (Å²) in [7, 11) is 0. The van der Waals surface area contributed by atoms with Gasteiger partial charge in [0.2, 0.25) is 11.7 Å². The van der Waals surface area contributed by atoms with Crippen molar-refractivity contribution in [1.82, 2.24) is 20.4 Å². The van der Waals surface area contributed by atoms with E-state index in [4.69, 9.17) is 4.52 Å². The first-order valence-corrected chi connectivity index (χ1v) is 8.09. The van der Waals surface area contributed by atoms with E-state index in [0.29, 0.717) is 5.82 Å². The standard InChI is InChI=1S/C14H20N4OS/c1(8-18-9-3-6-15-7-10-18)5-13-16-14(17-19-13)12-4-2-11-20-12/h2,4,11,15H,1,3,5-10H2. The monoisotopic (exact) mass is 292 g/mol. The summed E-state index contributed by atoms with van der Waals surface area (Å²) >= 11 is 1.64. The molecule has 0 unspecified atom stereocenters. The molecule has 5 nitrogen and oxygen atoms in total. The van der Waals surface area contributed by atoms with Gasteiger partial charge in [0.05, 0.1) is 4.88 Å². The Morgan fingerprint density at radius 1 is 1.35 bits per heavy atom. The summed E-state index contributed by atoms with van der Waals surface area (Å²) < 4.78 is 5.32. The van der Waals surface area contributed by atoms with E-state index in [-0.39, 0.29) is 0 Å². The van der Waals surface area contributed by atoms with Crippen LogP contribution >= 0.6 is 11.3 Å². The Kier molecular flexibility index (Phi) is 4.78. The number of aromatic nitrogens is 2. The fraction of sp³-hybridized carbons (Fsp3) is 0.571. The van der Waals surface area contributed by atoms with Gasteiger partial charge in [-0.2, -0.15) is 4.98 Å². The van der Waals surface area contributed by atoms with Crippen molar-refractivity contribution in [2.45, 2.75) is 19.3 Å². The van der Waals surface area contributed by atoms with Gasteiger partial charge in [-0.15, -0.1) is 11.3 Å². The van der Waals surface area contributed by atoms with Crippen LogP contribution in [0.1, 0.15) is 18.7 Å². The van der Waals surface area contributed by atoms with Crippen LogP contribution in [-0.4, -0.2) is 47.8 Å². The highest BCUT2D eigenvalue weighted by Crippen LogP contribution is 2.21. The summed E-state index contributed by atoms with van der Waals surface area (Å²) in [5.74, 6) is 1.47. The largest absolute Gasteiger partial charge is 0.339 e. The second-order valence-corrected chi connectivity index (χ2v) is 5.99. The number of nitrogens with one attached hydrogen (secondary N) is 1. The molecule has 6 heteroatoms. The van der Waals surface area contributed by atoms with Gasteiger partial charge in [0, 0.05) is 19.5 Å². The molecule has 3 rings (SSSR count). The van der Waals surface area contributed by atoms with E-state index < -0.39 is 0 Å². The molecule has 108 valence electrons. The molecule has 0 aromatic carbocycles. The average molecular weight is 292 g/mol. The molecule has 0 amide bonds. The fourth-order valence-corrected chi connectivity index (χ4v) is 3.09. The lowest BCUT2D eigenvalue weighted by Gasteiger charge is -2.18. The first-order valence-electron chi connectivity index (χ1n) is 7.21. The highest BCUT2D eigenvalue weighted by molar-refractivity contribution is 7.13. The third-order valence-corrected chi connectivity index (χ3v) is 4.37. The maximum atomic E-state index is 5.32. The quantitative estimate of drug-likeness (QED) is 0.914. The lowest BCUT2D eigenvalue weighted by atomic mass is 10.2. The molecule has 1 saturated heterocycles. The summed E-state index contributed by atoms with van der Waals surface area (Å²) in [6, 6.07) is 4.02. The van der Waals surface area contributed by atoms with Crippen LogP contribution in [0.4, 0.5) is 0 Å². The maximum Gasteiger partial charge on any atom is 0.227 e. The summed E-state index contributed by atoms with van der Waals surface area (Å²) in [6.45, 7) is 5.69. The number of aryl methyl sites for hydroxylation is 1. The SMILES string of the molecule is c1csc(-c2noc(CCCN3CCCNCC3)n2)c1. The van der Waals surface area contributed by atoms with Gasteiger partial charge in [-0.25, -0.2) is 0 Å². The predicted octanol–water partition coefficient (Wildman–Crippen LogP) is 2.03. The number of rotatable bonds is 5. The first kappa shape index (κ1) is 13.7. The van der Waals surface area contributed by atoms with Crippen LogP contribution in [0.25, 0.3) is 10.7 Å². The van der Waals surface area contributed by atoms with E-state index in [9.17, 15) is 0 Å². The van der Waals surface area contributed by atoms with E-state index in [1.807, 2.05) is 17.5 Å². The zero-order valence-corrected chi connectivity index (χ0v) is 12.4. The van der Waals surface area contributed by atoms with Crippen LogP contribution in [0.15, 0.2) is 22.0 Å². The van der Waals surface area contributed by atoms with Gasteiger partial charge in [-0.1, -0.05) is 11.2 Å². The smallest absolute Gasteiger partial charge is 0.227 e. The van der Waals surface area contributed by atoms with Crippen molar-refractivity contribution >= 4 is 11.3 Å². The van der Waals surface area contributed by atoms with Gasteiger partial charge in [0.25, 0.3) is 0 Å². The van der Waals surface area contributed by atoms with Crippen LogP contribution in [0.5, 0.6) is 0 Å². The van der Waals surface area contributed by atoms with Gasteiger partial charge in [0.1, 0.15) is 0 Å². The summed E-state index contributed by atoms with van der Waals surface area (Å²) in [5.41, 5.74) is 0. The molecule has 1 aliphatic heterocycles. The van der Waals surface area contributed by atoms with Crippen molar-refractivity contribution in [3.8, 4) is 10.7 Å². The third kappa shape index (κ3) is 3.65. The van der Waals surface area contributed by atoms with E-state index in [2.05, 4.69) is 20.4 Å². The van der Waals surface area contributed by atoms with Crippen molar-refractivity contribution in [2.24, 2.45) is 0 Å². The van der Waals surface area contributed by atoms with Crippen LogP contribution in [0.3, 0.4) is 0 Å². The molecule has 3 heterocycles. The number of nitrogens with zero attached hydrogens (tertiary/aromatic N) is 3. The van der Waals surface area contributed by atoms with Crippen molar-refractivity contribution < 1.29 is 4.52 Å². The predicted molar refractivity (Wildman–Crippen MR) is 79.9 cm³/mol. The molecule has 0 atom stereocenters. The second kappa shape index (κ2) is 6.97. The van der Waals surface area contributed by atoms with E-state index in [0.717, 1.165) is 49.8 Å². The Morgan fingerprint density at radius 2 is 2.35 bits per heavy atom. The van der Waals surface area contributed by atoms with Gasteiger partial charge < -0.3 is 14.7 Å². The molecule has 0 spiro atoms. The van der Waals surface area contributed by atoms with Gasteiger partial charge >= 0.3 is 0 Å². The van der Waals surface area contributed by atoms with Crippen molar-refractivity contribution in [1.29, 1.82) is 0 Å². The lowest BCUT2D eigenvalue weighted by molar-refractivity contribution is 0.282. The van der Waals surface area contributed by atoms with E-state index in [1.54, 1.807) is 11.3 Å². The average Bonchev–Trinajstić information content (AvgIpc) is 3.07. The molecule has 2 aromatic rings. The number of thiophene rings is 1. The molecular formula is C14H20N4OS. The number of hydrogen-bond donors (Lipinski definition) is 1. The molecule has 0 aliphatic carbocycles. The molecule has 20 heavy (non-hydrogen) atoms. The fourth-order valence-electron chi connectivity index (χ4n) is 2.44. The minimum absolute atomic E-state index is 0.717. The Hall–Kier alpha value is -1.24. The second-order valence-electron chi connectivity index (χ2n) is 5.04. The van der Waals surface area contributed by atoms with Crippen molar-refractivity contribution in [3.05, 3.63) is 23.4 Å². The Morgan fingerprint density at radius 3 is 3.25 bits per heavy atom. The summed E-state index contributed by atoms with van der Waals surface area (Å²) in [6.07, 6.45) is 3.18. The molecule has 2 aromatic heterocycles. The minimum atomic E-state index is 0.717. The molecule has 1 N–H and O–H groups in total. The van der Waals surface area contributed by atoms with Crippen LogP contribution in [0, 0.1) is 0 Å². The zero-order valence-electron chi connectivity index (χ0n) is 11.5. The van der Waals surface area contributed by atoms with Crippen molar-refractivity contribution in [2.75, 3.05) is 32.7 Å². The topological polar surface area (TPSA) is 54.2 Å². The Balaban J connectivity index is 1.46. The Bertz CT molecular complexity index is 503. The summed E-state index contributed by atoms with van der Waals surface area (Å²) in [4.78, 5) is 8.03. The van der Waals surface area contributed by atoms with Gasteiger partial charge in [0.15, 0.2) is 0 Å². The van der Waals surface area contributed by atoms with Crippen LogP contribution < -0.4 is 5.32 Å². The molecule has 1 fully saturated rings. The summed E-state index contributed by atoms with van der Waals surface area (Å²) in [5, 5.41) is 9.49. The molecule has 1 aliphatic rings. The van der Waals surface area contributed by atoms with Gasteiger partial charge in [-0.05, 0) is 43.9 Å². The Labute approximate surface area is 123 Å².